The van der Waals surface area contributed by atoms with Crippen LogP contribution in [0.1, 0.15) is 50.1 Å². The van der Waals surface area contributed by atoms with Crippen molar-refractivity contribution in [3.05, 3.63) is 57.5 Å². The highest BCUT2D eigenvalue weighted by Gasteiger charge is 2.46. The van der Waals surface area contributed by atoms with E-state index in [1.54, 1.807) is 13.8 Å². The predicted molar refractivity (Wildman–Crippen MR) is 118 cm³/mol. The van der Waals surface area contributed by atoms with Crippen LogP contribution in [0.25, 0.3) is 10.2 Å². The standard InChI is InChI=1S/C22H22N2O3S2/c1-11(2)13-7-8-14-16(10-13)29-22(23-14)24-18(15-6-5-9-28-15)17(19(25)12(3)4)20(26)21(24)27/h5-12,18,26H,1-4H3. The Kier molecular flexibility index (Phi) is 5.04. The molecule has 5 nitrogen and oxygen atoms in total. The summed E-state index contributed by atoms with van der Waals surface area (Å²) in [6.07, 6.45) is 0. The van der Waals surface area contributed by atoms with Gasteiger partial charge in [-0.1, -0.05) is 51.2 Å². The second-order valence-corrected chi connectivity index (χ2v) is 9.74. The van der Waals surface area contributed by atoms with Gasteiger partial charge in [-0.2, -0.15) is 0 Å². The molecule has 0 spiro atoms. The fraction of sp³-hybridized carbons (Fsp3) is 0.318. The summed E-state index contributed by atoms with van der Waals surface area (Å²) in [5.74, 6) is -1.20. The number of thiophene rings is 1. The molecule has 0 saturated heterocycles. The van der Waals surface area contributed by atoms with Gasteiger partial charge in [-0.3, -0.25) is 14.5 Å². The Labute approximate surface area is 177 Å². The molecule has 0 saturated carbocycles. The van der Waals surface area contributed by atoms with Crippen molar-refractivity contribution < 1.29 is 14.7 Å². The normalized spacial score (nSPS) is 17.4. The third-order valence-corrected chi connectivity index (χ3v) is 7.03. The van der Waals surface area contributed by atoms with Crippen molar-refractivity contribution in [3.8, 4) is 0 Å². The summed E-state index contributed by atoms with van der Waals surface area (Å²) in [5, 5.41) is 13.0. The number of aromatic nitrogens is 1. The number of aliphatic hydroxyl groups is 1. The summed E-state index contributed by atoms with van der Waals surface area (Å²) in [5.41, 5.74) is 2.16. The van der Waals surface area contributed by atoms with E-state index >= 15 is 0 Å². The number of hydrogen-bond donors (Lipinski definition) is 1. The number of hydrogen-bond acceptors (Lipinski definition) is 6. The smallest absolute Gasteiger partial charge is 0.296 e. The zero-order chi connectivity index (χ0) is 20.9. The van der Waals surface area contributed by atoms with E-state index in [9.17, 15) is 14.7 Å². The summed E-state index contributed by atoms with van der Waals surface area (Å²) in [4.78, 5) is 32.9. The predicted octanol–water partition coefficient (Wildman–Crippen LogP) is 5.61. The van der Waals surface area contributed by atoms with Crippen LogP contribution < -0.4 is 4.90 Å². The van der Waals surface area contributed by atoms with E-state index in [-0.39, 0.29) is 17.3 Å². The Balaban J connectivity index is 1.85. The largest absolute Gasteiger partial charge is 0.503 e. The molecule has 2 aromatic heterocycles. The summed E-state index contributed by atoms with van der Waals surface area (Å²) < 4.78 is 0.979. The summed E-state index contributed by atoms with van der Waals surface area (Å²) in [6.45, 7) is 7.80. The number of fused-ring (bicyclic) bond motifs is 1. The Morgan fingerprint density at radius 3 is 2.59 bits per heavy atom. The molecule has 1 aliphatic rings. The van der Waals surface area contributed by atoms with Crippen LogP contribution >= 0.6 is 22.7 Å². The zero-order valence-corrected chi connectivity index (χ0v) is 18.3. The molecule has 0 bridgehead atoms. The lowest BCUT2D eigenvalue weighted by atomic mass is 9.95. The SMILES string of the molecule is CC(C)C(=O)C1=C(O)C(=O)N(c2nc3ccc(C(C)C)cc3s2)C1c1cccs1. The fourth-order valence-corrected chi connectivity index (χ4v) is 5.34. The van der Waals surface area contributed by atoms with Crippen molar-refractivity contribution in [2.24, 2.45) is 5.92 Å². The van der Waals surface area contributed by atoms with Crippen molar-refractivity contribution in [2.75, 3.05) is 4.90 Å². The average molecular weight is 427 g/mol. The number of Topliss-reactive ketones (excluding diaryl/α,β-unsaturated/α-hetero) is 1. The first-order chi connectivity index (χ1) is 13.8. The second kappa shape index (κ2) is 7.39. The van der Waals surface area contributed by atoms with Crippen LogP contribution in [0.4, 0.5) is 5.13 Å². The van der Waals surface area contributed by atoms with Crippen LogP contribution in [-0.2, 0) is 9.59 Å². The van der Waals surface area contributed by atoms with Crippen molar-refractivity contribution >= 4 is 49.7 Å². The minimum atomic E-state index is -0.650. The summed E-state index contributed by atoms with van der Waals surface area (Å²) in [6, 6.07) is 9.20. The molecule has 4 rings (SSSR count). The number of benzene rings is 1. The lowest BCUT2D eigenvalue weighted by Gasteiger charge is -2.23. The van der Waals surface area contributed by atoms with Crippen LogP contribution in [0.3, 0.4) is 0 Å². The third kappa shape index (κ3) is 3.28. The maximum absolute atomic E-state index is 13.0. The molecular weight excluding hydrogens is 404 g/mol. The highest BCUT2D eigenvalue weighted by molar-refractivity contribution is 7.22. The molecule has 1 N–H and O–H groups in total. The molecule has 150 valence electrons. The van der Waals surface area contributed by atoms with Gasteiger partial charge in [0.25, 0.3) is 5.91 Å². The van der Waals surface area contributed by atoms with Crippen LogP contribution in [-0.4, -0.2) is 21.8 Å². The second-order valence-electron chi connectivity index (χ2n) is 7.75. The lowest BCUT2D eigenvalue weighted by molar-refractivity contribution is -0.119. The number of rotatable bonds is 5. The average Bonchev–Trinajstić information content (AvgIpc) is 3.39. The van der Waals surface area contributed by atoms with Gasteiger partial charge in [0.1, 0.15) is 6.04 Å². The number of thiazole rings is 1. The molecule has 29 heavy (non-hydrogen) atoms. The number of amides is 1. The monoisotopic (exact) mass is 426 g/mol. The molecule has 3 aromatic rings. The zero-order valence-electron chi connectivity index (χ0n) is 16.7. The van der Waals surface area contributed by atoms with E-state index in [2.05, 4.69) is 24.9 Å². The topological polar surface area (TPSA) is 70.5 Å². The van der Waals surface area contributed by atoms with Gasteiger partial charge in [0.2, 0.25) is 0 Å². The van der Waals surface area contributed by atoms with Crippen LogP contribution in [0, 0.1) is 5.92 Å². The number of aliphatic hydroxyl groups excluding tert-OH is 1. The minimum absolute atomic E-state index is 0.162. The Morgan fingerprint density at radius 2 is 1.97 bits per heavy atom. The van der Waals surface area contributed by atoms with E-state index in [0.29, 0.717) is 11.0 Å². The molecule has 1 amide bonds. The van der Waals surface area contributed by atoms with Gasteiger partial charge >= 0.3 is 0 Å². The lowest BCUT2D eigenvalue weighted by Crippen LogP contribution is -2.30. The Hall–Kier alpha value is -2.51. The first-order valence-electron chi connectivity index (χ1n) is 9.54. The van der Waals surface area contributed by atoms with Crippen molar-refractivity contribution in [2.45, 2.75) is 39.7 Å². The molecule has 1 atom stereocenters. The van der Waals surface area contributed by atoms with E-state index in [1.165, 1.54) is 33.1 Å². The molecule has 1 aromatic carbocycles. The minimum Gasteiger partial charge on any atom is -0.503 e. The van der Waals surface area contributed by atoms with Crippen molar-refractivity contribution in [1.29, 1.82) is 0 Å². The number of carbonyl (C=O) groups is 2. The van der Waals surface area contributed by atoms with E-state index in [1.807, 2.05) is 29.6 Å². The third-order valence-electron chi connectivity index (χ3n) is 5.08. The summed E-state index contributed by atoms with van der Waals surface area (Å²) >= 11 is 2.86. The first kappa shape index (κ1) is 19.8. The molecule has 0 aliphatic carbocycles. The molecule has 7 heteroatoms. The molecule has 1 aliphatic heterocycles. The van der Waals surface area contributed by atoms with Gasteiger partial charge < -0.3 is 5.11 Å². The van der Waals surface area contributed by atoms with Gasteiger partial charge in [0.15, 0.2) is 16.7 Å². The summed E-state index contributed by atoms with van der Waals surface area (Å²) in [7, 11) is 0. The number of ketones is 1. The molecule has 1 unspecified atom stereocenters. The molecule has 0 fully saturated rings. The van der Waals surface area contributed by atoms with E-state index < -0.39 is 17.7 Å². The maximum atomic E-state index is 13.0. The highest BCUT2D eigenvalue weighted by Crippen LogP contribution is 2.45. The molecular formula is C22H22N2O3S2. The molecule has 3 heterocycles. The fourth-order valence-electron chi connectivity index (χ4n) is 3.47. The van der Waals surface area contributed by atoms with Crippen LogP contribution in [0.5, 0.6) is 0 Å². The van der Waals surface area contributed by atoms with Crippen molar-refractivity contribution in [1.82, 2.24) is 4.98 Å². The Bertz CT molecular complexity index is 1130. The highest BCUT2D eigenvalue weighted by atomic mass is 32.1. The molecule has 0 radical (unpaired) electrons. The van der Waals surface area contributed by atoms with Gasteiger partial charge in [0, 0.05) is 10.8 Å². The van der Waals surface area contributed by atoms with Gasteiger partial charge in [0.05, 0.1) is 15.8 Å². The number of carbonyl (C=O) groups excluding carboxylic acids is 2. The van der Waals surface area contributed by atoms with Crippen LogP contribution in [0.2, 0.25) is 0 Å². The van der Waals surface area contributed by atoms with Gasteiger partial charge in [-0.15, -0.1) is 11.3 Å². The number of anilines is 1. The van der Waals surface area contributed by atoms with Gasteiger partial charge in [-0.25, -0.2) is 4.98 Å². The van der Waals surface area contributed by atoms with Crippen LogP contribution in [0.15, 0.2) is 47.0 Å². The van der Waals surface area contributed by atoms with E-state index in [4.69, 9.17) is 0 Å². The Morgan fingerprint density at radius 1 is 1.21 bits per heavy atom. The number of nitrogens with zero attached hydrogens (tertiary/aromatic N) is 2. The first-order valence-corrected chi connectivity index (χ1v) is 11.2. The van der Waals surface area contributed by atoms with Gasteiger partial charge in [-0.05, 0) is 35.1 Å². The van der Waals surface area contributed by atoms with E-state index in [0.717, 1.165) is 15.1 Å². The quantitative estimate of drug-likeness (QED) is 0.576. The van der Waals surface area contributed by atoms with Crippen molar-refractivity contribution in [3.63, 3.8) is 0 Å². The maximum Gasteiger partial charge on any atom is 0.296 e.